The molecule has 1 aromatic carbocycles. The number of urea groups is 1. The second-order valence-electron chi connectivity index (χ2n) is 4.06. The Kier molecular flexibility index (Phi) is 6.45. The number of carbonyl (C=O) groups excluding carboxylic acids is 1. The molecule has 1 atom stereocenters. The van der Waals surface area contributed by atoms with Crippen molar-refractivity contribution in [3.8, 4) is 0 Å². The summed E-state index contributed by atoms with van der Waals surface area (Å²) in [7, 11) is 1.48. The summed E-state index contributed by atoms with van der Waals surface area (Å²) in [4.78, 5) is 21.7. The third-order valence-corrected chi connectivity index (χ3v) is 2.60. The van der Waals surface area contributed by atoms with Crippen molar-refractivity contribution in [2.24, 2.45) is 0 Å². The Morgan fingerprint density at radius 1 is 1.30 bits per heavy atom. The first kappa shape index (κ1) is 15.9. The number of halogens is 1. The number of carbonyl (C=O) groups is 2. The number of nitrogens with one attached hydrogen (secondary N) is 2. The van der Waals surface area contributed by atoms with Gasteiger partial charge in [0.15, 0.2) is 0 Å². The first-order chi connectivity index (χ1) is 9.52. The Balaban J connectivity index is 2.39. The Bertz CT molecular complexity index is 450. The van der Waals surface area contributed by atoms with Gasteiger partial charge in [0.2, 0.25) is 0 Å². The maximum Gasteiger partial charge on any atom is 0.314 e. The van der Waals surface area contributed by atoms with Crippen LogP contribution in [0.2, 0.25) is 0 Å². The molecule has 1 aromatic rings. The highest BCUT2D eigenvalue weighted by Gasteiger charge is 2.12. The summed E-state index contributed by atoms with van der Waals surface area (Å²) in [5, 5.41) is 13.4. The van der Waals surface area contributed by atoms with Gasteiger partial charge in [-0.1, -0.05) is 12.1 Å². The number of aliphatic carboxylic acids is 1. The van der Waals surface area contributed by atoms with Gasteiger partial charge in [0.1, 0.15) is 5.82 Å². The number of amides is 2. The minimum atomic E-state index is -0.980. The summed E-state index contributed by atoms with van der Waals surface area (Å²) in [6, 6.07) is 5.30. The van der Waals surface area contributed by atoms with E-state index in [1.165, 1.54) is 19.2 Å². The van der Waals surface area contributed by atoms with Gasteiger partial charge in [-0.2, -0.15) is 0 Å². The van der Waals surface area contributed by atoms with Gasteiger partial charge in [0, 0.05) is 20.2 Å². The van der Waals surface area contributed by atoms with Gasteiger partial charge in [-0.05, 0) is 17.7 Å². The zero-order valence-electron chi connectivity index (χ0n) is 11.1. The van der Waals surface area contributed by atoms with E-state index in [4.69, 9.17) is 9.84 Å². The minimum Gasteiger partial charge on any atom is -0.481 e. The molecule has 110 valence electrons. The van der Waals surface area contributed by atoms with Crippen molar-refractivity contribution in [1.29, 1.82) is 0 Å². The van der Waals surface area contributed by atoms with E-state index in [0.717, 1.165) is 5.56 Å². The number of carboxylic acid groups (broad SMARTS) is 1. The molecule has 1 rings (SSSR count). The van der Waals surface area contributed by atoms with Crippen LogP contribution in [0.25, 0.3) is 0 Å². The van der Waals surface area contributed by atoms with Crippen LogP contribution >= 0.6 is 0 Å². The summed E-state index contributed by atoms with van der Waals surface area (Å²) in [6.07, 6.45) is -0.542. The Morgan fingerprint density at radius 3 is 2.50 bits per heavy atom. The molecule has 0 radical (unpaired) electrons. The fourth-order valence-electron chi connectivity index (χ4n) is 1.55. The van der Waals surface area contributed by atoms with E-state index in [1.807, 2.05) is 0 Å². The maximum absolute atomic E-state index is 12.8. The molecule has 1 unspecified atom stereocenters. The van der Waals surface area contributed by atoms with E-state index in [0.29, 0.717) is 0 Å². The van der Waals surface area contributed by atoms with Crippen LogP contribution in [-0.2, 0) is 9.53 Å². The predicted octanol–water partition coefficient (Wildman–Crippen LogP) is 1.29. The van der Waals surface area contributed by atoms with Crippen molar-refractivity contribution in [2.75, 3.05) is 20.2 Å². The van der Waals surface area contributed by atoms with Crippen molar-refractivity contribution < 1.29 is 23.8 Å². The summed E-state index contributed by atoms with van der Waals surface area (Å²) in [5.41, 5.74) is 0.736. The van der Waals surface area contributed by atoms with Crippen molar-refractivity contribution in [2.45, 2.75) is 12.5 Å². The third kappa shape index (κ3) is 5.66. The highest BCUT2D eigenvalue weighted by molar-refractivity contribution is 5.75. The fourth-order valence-corrected chi connectivity index (χ4v) is 1.55. The molecule has 2 amide bonds. The van der Waals surface area contributed by atoms with Gasteiger partial charge in [0.25, 0.3) is 0 Å². The van der Waals surface area contributed by atoms with E-state index >= 15 is 0 Å². The average molecular weight is 284 g/mol. The Morgan fingerprint density at radius 2 is 1.95 bits per heavy atom. The predicted molar refractivity (Wildman–Crippen MR) is 69.8 cm³/mol. The number of methoxy groups -OCH3 is 1. The van der Waals surface area contributed by atoms with Crippen molar-refractivity contribution >= 4 is 12.0 Å². The van der Waals surface area contributed by atoms with Crippen LogP contribution in [0, 0.1) is 5.82 Å². The molecular weight excluding hydrogens is 267 g/mol. The van der Waals surface area contributed by atoms with Gasteiger partial charge in [0.05, 0.1) is 12.5 Å². The molecule has 20 heavy (non-hydrogen) atoms. The van der Waals surface area contributed by atoms with Gasteiger partial charge in [-0.25, -0.2) is 9.18 Å². The lowest BCUT2D eigenvalue weighted by molar-refractivity contribution is -0.136. The molecule has 0 heterocycles. The van der Waals surface area contributed by atoms with Crippen LogP contribution in [0.3, 0.4) is 0 Å². The summed E-state index contributed by atoms with van der Waals surface area (Å²) in [5.74, 6) is -1.32. The normalized spacial score (nSPS) is 11.7. The average Bonchev–Trinajstić information content (AvgIpc) is 2.41. The summed E-state index contributed by atoms with van der Waals surface area (Å²) >= 11 is 0. The maximum atomic E-state index is 12.8. The fraction of sp³-hybridized carbons (Fsp3) is 0.385. The molecule has 0 aliphatic heterocycles. The Hall–Kier alpha value is -2.15. The number of hydrogen-bond acceptors (Lipinski definition) is 3. The van der Waals surface area contributed by atoms with Gasteiger partial charge in [-0.15, -0.1) is 0 Å². The number of carboxylic acids is 1. The van der Waals surface area contributed by atoms with Crippen LogP contribution in [0.1, 0.15) is 18.1 Å². The number of hydrogen-bond donors (Lipinski definition) is 3. The highest BCUT2D eigenvalue weighted by Crippen LogP contribution is 2.15. The zero-order chi connectivity index (χ0) is 15.0. The topological polar surface area (TPSA) is 87.7 Å². The standard InChI is InChI=1S/C13H17FN2O4/c1-20-11(9-2-4-10(14)5-3-9)8-16-13(19)15-7-6-12(17)18/h2-5,11H,6-8H2,1H3,(H,17,18)(H2,15,16,19). The molecule has 3 N–H and O–H groups in total. The second kappa shape index (κ2) is 8.11. The van der Waals surface area contributed by atoms with Crippen LogP contribution in [0.5, 0.6) is 0 Å². The molecule has 6 nitrogen and oxygen atoms in total. The van der Waals surface area contributed by atoms with Gasteiger partial charge in [-0.3, -0.25) is 4.79 Å². The molecule has 0 aliphatic rings. The van der Waals surface area contributed by atoms with Crippen LogP contribution in [0.15, 0.2) is 24.3 Å². The number of rotatable bonds is 7. The monoisotopic (exact) mass is 284 g/mol. The van der Waals surface area contributed by atoms with Crippen LogP contribution < -0.4 is 10.6 Å². The molecule has 0 spiro atoms. The number of ether oxygens (including phenoxy) is 1. The van der Waals surface area contributed by atoms with Crippen LogP contribution in [0.4, 0.5) is 9.18 Å². The quantitative estimate of drug-likeness (QED) is 0.704. The van der Waals surface area contributed by atoms with Gasteiger partial charge >= 0.3 is 12.0 Å². The molecule has 0 aromatic heterocycles. The van der Waals surface area contributed by atoms with Gasteiger partial charge < -0.3 is 20.5 Å². The lowest BCUT2D eigenvalue weighted by Crippen LogP contribution is -2.39. The summed E-state index contributed by atoms with van der Waals surface area (Å²) < 4.78 is 18.0. The smallest absolute Gasteiger partial charge is 0.314 e. The lowest BCUT2D eigenvalue weighted by atomic mass is 10.1. The molecule has 0 fully saturated rings. The van der Waals surface area contributed by atoms with Crippen molar-refractivity contribution in [3.05, 3.63) is 35.6 Å². The molecule has 0 saturated heterocycles. The van der Waals surface area contributed by atoms with Crippen molar-refractivity contribution in [1.82, 2.24) is 10.6 Å². The third-order valence-electron chi connectivity index (χ3n) is 2.60. The first-order valence-electron chi connectivity index (χ1n) is 6.04. The highest BCUT2D eigenvalue weighted by atomic mass is 19.1. The molecule has 0 aliphatic carbocycles. The minimum absolute atomic E-state index is 0.0510. The molecule has 0 saturated carbocycles. The lowest BCUT2D eigenvalue weighted by Gasteiger charge is -2.16. The first-order valence-corrected chi connectivity index (χ1v) is 6.04. The van der Waals surface area contributed by atoms with E-state index in [9.17, 15) is 14.0 Å². The number of benzene rings is 1. The SMILES string of the molecule is COC(CNC(=O)NCCC(=O)O)c1ccc(F)cc1. The van der Waals surface area contributed by atoms with Crippen LogP contribution in [-0.4, -0.2) is 37.3 Å². The van der Waals surface area contributed by atoms with E-state index < -0.39 is 18.1 Å². The summed E-state index contributed by atoms with van der Waals surface area (Å²) in [6.45, 7) is 0.246. The largest absolute Gasteiger partial charge is 0.481 e. The van der Waals surface area contributed by atoms with E-state index in [-0.39, 0.29) is 25.3 Å². The molecule has 7 heteroatoms. The zero-order valence-corrected chi connectivity index (χ0v) is 11.1. The molecule has 0 bridgehead atoms. The van der Waals surface area contributed by atoms with Crippen molar-refractivity contribution in [3.63, 3.8) is 0 Å². The Labute approximate surface area is 115 Å². The van der Waals surface area contributed by atoms with E-state index in [1.54, 1.807) is 12.1 Å². The second-order valence-corrected chi connectivity index (χ2v) is 4.06. The van der Waals surface area contributed by atoms with E-state index in [2.05, 4.69) is 10.6 Å². The molecular formula is C13H17FN2O4.